The van der Waals surface area contributed by atoms with Crippen LogP contribution in [0.1, 0.15) is 40.5 Å². The van der Waals surface area contributed by atoms with Gasteiger partial charge in [0.05, 0.1) is 31.7 Å². The summed E-state index contributed by atoms with van der Waals surface area (Å²) in [6, 6.07) is 0. The smallest absolute Gasteiger partial charge is 0.209 e. The fraction of sp³-hybridized carbons (Fsp3) is 1.00. The van der Waals surface area contributed by atoms with Gasteiger partial charge in [-0.3, -0.25) is 0 Å². The Kier molecular flexibility index (Phi) is 8.02. The molecule has 0 unspecified atom stereocenters. The van der Waals surface area contributed by atoms with E-state index in [1.165, 1.54) is 0 Å². The zero-order valence-electron chi connectivity index (χ0n) is 11.9. The van der Waals surface area contributed by atoms with Crippen LogP contribution in [0.2, 0.25) is 0 Å². The molecule has 0 rings (SSSR count). The molecule has 0 aromatic heterocycles. The van der Waals surface area contributed by atoms with E-state index in [1.807, 2.05) is 27.7 Å². The third kappa shape index (κ3) is 8.02. The maximum atomic E-state index is 11.2. The highest BCUT2D eigenvalue weighted by atomic mass is 32.2. The molecule has 0 aliphatic carbocycles. The molecule has 0 aromatic carbocycles. The molecule has 0 heterocycles. The van der Waals surface area contributed by atoms with Gasteiger partial charge in [0.15, 0.2) is 0 Å². The molecular formula is C12H27NO4S. The van der Waals surface area contributed by atoms with Crippen molar-refractivity contribution in [2.24, 2.45) is 10.6 Å². The highest BCUT2D eigenvalue weighted by molar-refractivity contribution is 7.89. The van der Waals surface area contributed by atoms with Crippen molar-refractivity contribution in [1.29, 1.82) is 0 Å². The summed E-state index contributed by atoms with van der Waals surface area (Å²) >= 11 is 0. The molecule has 0 fully saturated rings. The lowest BCUT2D eigenvalue weighted by Crippen LogP contribution is -2.37. The first kappa shape index (κ1) is 17.8. The molecular weight excluding hydrogens is 254 g/mol. The highest BCUT2D eigenvalue weighted by Crippen LogP contribution is 2.28. The van der Waals surface area contributed by atoms with Crippen molar-refractivity contribution < 1.29 is 17.9 Å². The van der Waals surface area contributed by atoms with E-state index < -0.39 is 10.0 Å². The Morgan fingerprint density at radius 2 is 1.72 bits per heavy atom. The van der Waals surface area contributed by atoms with E-state index >= 15 is 0 Å². The number of sulfonamides is 1. The maximum absolute atomic E-state index is 11.2. The second-order valence-electron chi connectivity index (χ2n) is 4.99. The van der Waals surface area contributed by atoms with Crippen LogP contribution in [0.5, 0.6) is 0 Å². The first-order chi connectivity index (χ1) is 8.24. The molecule has 6 heteroatoms. The first-order valence-corrected chi connectivity index (χ1v) is 8.16. The summed E-state index contributed by atoms with van der Waals surface area (Å²) in [5, 5.41) is 5.13. The SMILES string of the molecule is CCC(CC)(COCCOC(C)C)CS(N)(=O)=O. The van der Waals surface area contributed by atoms with Crippen molar-refractivity contribution in [1.82, 2.24) is 0 Å². The number of hydrogen-bond acceptors (Lipinski definition) is 4. The molecule has 0 aromatic rings. The van der Waals surface area contributed by atoms with Gasteiger partial charge in [0.1, 0.15) is 0 Å². The van der Waals surface area contributed by atoms with Crippen LogP contribution in [0.4, 0.5) is 0 Å². The Balaban J connectivity index is 4.19. The molecule has 110 valence electrons. The quantitative estimate of drug-likeness (QED) is 0.616. The average molecular weight is 281 g/mol. The molecule has 0 spiro atoms. The number of rotatable bonds is 10. The Labute approximate surface area is 111 Å². The van der Waals surface area contributed by atoms with Crippen LogP contribution in [-0.4, -0.2) is 40.1 Å². The zero-order chi connectivity index (χ0) is 14.2. The summed E-state index contributed by atoms with van der Waals surface area (Å²) in [7, 11) is -3.47. The van der Waals surface area contributed by atoms with Crippen LogP contribution in [0.3, 0.4) is 0 Å². The van der Waals surface area contributed by atoms with Crippen LogP contribution in [0.25, 0.3) is 0 Å². The molecule has 0 saturated heterocycles. The minimum absolute atomic E-state index is 0.0297. The van der Waals surface area contributed by atoms with Gasteiger partial charge in [-0.2, -0.15) is 0 Å². The predicted molar refractivity (Wildman–Crippen MR) is 72.9 cm³/mol. The molecule has 0 bridgehead atoms. The van der Waals surface area contributed by atoms with Crippen LogP contribution in [0.15, 0.2) is 0 Å². The normalized spacial score (nSPS) is 13.2. The Morgan fingerprint density at radius 1 is 1.17 bits per heavy atom. The second kappa shape index (κ2) is 8.09. The van der Waals surface area contributed by atoms with Crippen molar-refractivity contribution in [3.8, 4) is 0 Å². The molecule has 0 saturated carbocycles. The molecule has 5 nitrogen and oxygen atoms in total. The van der Waals surface area contributed by atoms with E-state index in [0.717, 1.165) is 12.8 Å². The highest BCUT2D eigenvalue weighted by Gasteiger charge is 2.31. The lowest BCUT2D eigenvalue weighted by Gasteiger charge is -2.30. The van der Waals surface area contributed by atoms with E-state index in [9.17, 15) is 8.42 Å². The van der Waals surface area contributed by atoms with Crippen molar-refractivity contribution in [3.63, 3.8) is 0 Å². The number of hydrogen-bond donors (Lipinski definition) is 1. The standard InChI is InChI=1S/C12H27NO4S/c1-5-12(6-2,10-18(13,14)15)9-16-7-8-17-11(3)4/h11H,5-10H2,1-4H3,(H2,13,14,15). The van der Waals surface area contributed by atoms with Crippen molar-refractivity contribution in [2.45, 2.75) is 46.6 Å². The number of ether oxygens (including phenoxy) is 2. The summed E-state index contributed by atoms with van der Waals surface area (Å²) in [6.45, 7) is 9.25. The summed E-state index contributed by atoms with van der Waals surface area (Å²) < 4.78 is 33.4. The lowest BCUT2D eigenvalue weighted by atomic mass is 9.85. The zero-order valence-corrected chi connectivity index (χ0v) is 12.8. The van der Waals surface area contributed by atoms with Gasteiger partial charge >= 0.3 is 0 Å². The van der Waals surface area contributed by atoms with E-state index in [-0.39, 0.29) is 17.3 Å². The van der Waals surface area contributed by atoms with Gasteiger partial charge < -0.3 is 9.47 Å². The van der Waals surface area contributed by atoms with Gasteiger partial charge in [0.2, 0.25) is 10.0 Å². The average Bonchev–Trinajstić information content (AvgIpc) is 2.25. The van der Waals surface area contributed by atoms with Gasteiger partial charge in [-0.25, -0.2) is 13.6 Å². The largest absolute Gasteiger partial charge is 0.378 e. The van der Waals surface area contributed by atoms with Crippen LogP contribution in [0, 0.1) is 5.41 Å². The number of primary sulfonamides is 1. The van der Waals surface area contributed by atoms with E-state index in [1.54, 1.807) is 0 Å². The fourth-order valence-corrected chi connectivity index (χ4v) is 3.10. The molecule has 0 radical (unpaired) electrons. The summed E-state index contributed by atoms with van der Waals surface area (Å²) in [5.74, 6) is -0.0297. The Morgan fingerprint density at radius 3 is 2.11 bits per heavy atom. The molecule has 0 atom stereocenters. The third-order valence-corrected chi connectivity index (χ3v) is 4.11. The molecule has 2 N–H and O–H groups in total. The molecule has 0 amide bonds. The third-order valence-electron chi connectivity index (χ3n) is 3.09. The lowest BCUT2D eigenvalue weighted by molar-refractivity contribution is -0.00811. The van der Waals surface area contributed by atoms with Gasteiger partial charge in [-0.05, 0) is 26.7 Å². The Hall–Kier alpha value is -0.170. The van der Waals surface area contributed by atoms with Crippen LogP contribution in [-0.2, 0) is 19.5 Å². The maximum Gasteiger partial charge on any atom is 0.209 e. The second-order valence-corrected chi connectivity index (χ2v) is 6.60. The molecule has 18 heavy (non-hydrogen) atoms. The van der Waals surface area contributed by atoms with Gasteiger partial charge in [-0.1, -0.05) is 13.8 Å². The minimum Gasteiger partial charge on any atom is -0.378 e. The monoisotopic (exact) mass is 281 g/mol. The predicted octanol–water partition coefficient (Wildman–Crippen LogP) is 1.52. The topological polar surface area (TPSA) is 78.6 Å². The summed E-state index contributed by atoms with van der Waals surface area (Å²) in [6.07, 6.45) is 1.63. The van der Waals surface area contributed by atoms with Gasteiger partial charge in [0, 0.05) is 5.41 Å². The fourth-order valence-electron chi connectivity index (χ4n) is 1.76. The summed E-state index contributed by atoms with van der Waals surface area (Å²) in [5.41, 5.74) is -0.384. The molecule has 0 aliphatic rings. The van der Waals surface area contributed by atoms with Gasteiger partial charge in [-0.15, -0.1) is 0 Å². The van der Waals surface area contributed by atoms with Crippen molar-refractivity contribution in [2.75, 3.05) is 25.6 Å². The van der Waals surface area contributed by atoms with E-state index in [0.29, 0.717) is 19.8 Å². The Bertz CT molecular complexity index is 310. The van der Waals surface area contributed by atoms with Crippen molar-refractivity contribution >= 4 is 10.0 Å². The molecule has 0 aliphatic heterocycles. The van der Waals surface area contributed by atoms with E-state index in [4.69, 9.17) is 14.6 Å². The van der Waals surface area contributed by atoms with E-state index in [2.05, 4.69) is 0 Å². The van der Waals surface area contributed by atoms with Crippen LogP contribution < -0.4 is 5.14 Å². The van der Waals surface area contributed by atoms with Crippen LogP contribution >= 0.6 is 0 Å². The minimum atomic E-state index is -3.47. The summed E-state index contributed by atoms with van der Waals surface area (Å²) in [4.78, 5) is 0. The van der Waals surface area contributed by atoms with Gasteiger partial charge in [0.25, 0.3) is 0 Å². The number of nitrogens with two attached hydrogens (primary N) is 1. The first-order valence-electron chi connectivity index (χ1n) is 6.44. The van der Waals surface area contributed by atoms with Crippen molar-refractivity contribution in [3.05, 3.63) is 0 Å².